The first-order chi connectivity index (χ1) is 8.67. The zero-order valence-corrected chi connectivity index (χ0v) is 11.8. The van der Waals surface area contributed by atoms with Gasteiger partial charge in [-0.15, -0.1) is 0 Å². The molecule has 1 saturated heterocycles. The van der Waals surface area contributed by atoms with Crippen molar-refractivity contribution in [1.29, 1.82) is 0 Å². The van der Waals surface area contributed by atoms with Gasteiger partial charge in [-0.05, 0) is 47.0 Å². The van der Waals surface area contributed by atoms with E-state index in [0.717, 1.165) is 17.3 Å². The molecule has 1 N–H and O–H groups in total. The van der Waals surface area contributed by atoms with Gasteiger partial charge in [0.2, 0.25) is 0 Å². The Morgan fingerprint density at radius 2 is 2.39 bits per heavy atom. The van der Waals surface area contributed by atoms with Gasteiger partial charge in [-0.3, -0.25) is 4.79 Å². The van der Waals surface area contributed by atoms with E-state index in [4.69, 9.17) is 4.74 Å². The van der Waals surface area contributed by atoms with E-state index in [1.54, 1.807) is 30.2 Å². The molecule has 0 spiro atoms. The Morgan fingerprint density at radius 3 is 3.06 bits per heavy atom. The molecule has 1 aromatic carbocycles. The number of amides is 1. The van der Waals surface area contributed by atoms with Crippen molar-refractivity contribution in [2.45, 2.75) is 18.9 Å². The predicted octanol–water partition coefficient (Wildman–Crippen LogP) is 2.05. The van der Waals surface area contributed by atoms with Crippen LogP contribution in [0.2, 0.25) is 0 Å². The van der Waals surface area contributed by atoms with Gasteiger partial charge >= 0.3 is 0 Å². The van der Waals surface area contributed by atoms with Gasteiger partial charge in [0.1, 0.15) is 5.75 Å². The van der Waals surface area contributed by atoms with Crippen LogP contribution in [0.25, 0.3) is 0 Å². The maximum atomic E-state index is 12.4. The quantitative estimate of drug-likeness (QED) is 0.929. The summed E-state index contributed by atoms with van der Waals surface area (Å²) in [6.07, 6.45) is 1.81. The lowest BCUT2D eigenvalue weighted by molar-refractivity contribution is 0.0676. The second-order valence-electron chi connectivity index (χ2n) is 4.32. The summed E-state index contributed by atoms with van der Waals surface area (Å²) in [6.45, 7) is 0.723. The molecule has 0 saturated carbocycles. The van der Waals surface area contributed by atoms with Crippen LogP contribution in [0, 0.1) is 0 Å². The molecule has 0 aliphatic carbocycles. The Labute approximate surface area is 115 Å². The Bertz CT molecular complexity index is 450. The van der Waals surface area contributed by atoms with Crippen LogP contribution in [0.3, 0.4) is 0 Å². The standard InChI is InChI=1S/C13H16BrNO3/c1-18-10-4-5-12(14)11(7-10)13(17)15-6-2-3-9(15)8-16/h4-5,7,9,16H,2-3,6,8H2,1H3/t9-/m0/s1. The molecule has 0 aromatic heterocycles. The SMILES string of the molecule is COc1ccc(Br)c(C(=O)N2CCC[C@H]2CO)c1. The highest BCUT2D eigenvalue weighted by Gasteiger charge is 2.29. The van der Waals surface area contributed by atoms with E-state index in [0.29, 0.717) is 17.9 Å². The summed E-state index contributed by atoms with van der Waals surface area (Å²) in [6, 6.07) is 5.26. The number of aliphatic hydroxyl groups is 1. The van der Waals surface area contributed by atoms with Crippen molar-refractivity contribution in [3.05, 3.63) is 28.2 Å². The number of rotatable bonds is 3. The van der Waals surface area contributed by atoms with Crippen LogP contribution in [0.15, 0.2) is 22.7 Å². The molecule has 1 amide bonds. The normalized spacial score (nSPS) is 19.1. The van der Waals surface area contributed by atoms with Gasteiger partial charge in [0.15, 0.2) is 0 Å². The van der Waals surface area contributed by atoms with E-state index in [2.05, 4.69) is 15.9 Å². The number of ether oxygens (including phenoxy) is 1. The van der Waals surface area contributed by atoms with Crippen LogP contribution < -0.4 is 4.74 Å². The number of hydrogen-bond acceptors (Lipinski definition) is 3. The molecule has 0 unspecified atom stereocenters. The molecular formula is C13H16BrNO3. The van der Waals surface area contributed by atoms with E-state index >= 15 is 0 Å². The predicted molar refractivity (Wildman–Crippen MR) is 71.8 cm³/mol. The smallest absolute Gasteiger partial charge is 0.255 e. The number of methoxy groups -OCH3 is 1. The highest BCUT2D eigenvalue weighted by atomic mass is 79.9. The van der Waals surface area contributed by atoms with Crippen LogP contribution in [0.1, 0.15) is 23.2 Å². The first-order valence-corrected chi connectivity index (χ1v) is 6.72. The molecule has 5 heteroatoms. The molecule has 4 nitrogen and oxygen atoms in total. The second kappa shape index (κ2) is 5.71. The minimum atomic E-state index is -0.0596. The van der Waals surface area contributed by atoms with Crippen molar-refractivity contribution in [1.82, 2.24) is 4.90 Å². The lowest BCUT2D eigenvalue weighted by atomic mass is 10.1. The summed E-state index contributed by atoms with van der Waals surface area (Å²) in [5, 5.41) is 9.27. The Balaban J connectivity index is 2.27. The second-order valence-corrected chi connectivity index (χ2v) is 5.18. The van der Waals surface area contributed by atoms with Crippen molar-refractivity contribution in [3.8, 4) is 5.75 Å². The van der Waals surface area contributed by atoms with Crippen molar-refractivity contribution in [3.63, 3.8) is 0 Å². The third-order valence-corrected chi connectivity index (χ3v) is 3.94. The molecular weight excluding hydrogens is 298 g/mol. The van der Waals surface area contributed by atoms with Gasteiger partial charge in [-0.1, -0.05) is 0 Å². The third-order valence-electron chi connectivity index (χ3n) is 3.25. The van der Waals surface area contributed by atoms with Gasteiger partial charge in [0.05, 0.1) is 25.3 Å². The van der Waals surface area contributed by atoms with Crippen molar-refractivity contribution >= 4 is 21.8 Å². The molecule has 0 radical (unpaired) electrons. The number of aliphatic hydroxyl groups excluding tert-OH is 1. The first kappa shape index (κ1) is 13.4. The van der Waals surface area contributed by atoms with E-state index < -0.39 is 0 Å². The fraction of sp³-hybridized carbons (Fsp3) is 0.462. The number of halogens is 1. The van der Waals surface area contributed by atoms with E-state index in [9.17, 15) is 9.90 Å². The molecule has 1 atom stereocenters. The maximum absolute atomic E-state index is 12.4. The van der Waals surface area contributed by atoms with Gasteiger partial charge in [0, 0.05) is 11.0 Å². The number of likely N-dealkylation sites (tertiary alicyclic amines) is 1. The summed E-state index contributed by atoms with van der Waals surface area (Å²) >= 11 is 3.38. The fourth-order valence-electron chi connectivity index (χ4n) is 2.24. The summed E-state index contributed by atoms with van der Waals surface area (Å²) in [5.41, 5.74) is 0.578. The highest BCUT2D eigenvalue weighted by molar-refractivity contribution is 9.10. The zero-order chi connectivity index (χ0) is 13.1. The molecule has 18 heavy (non-hydrogen) atoms. The largest absolute Gasteiger partial charge is 0.497 e. The molecule has 1 aliphatic rings. The molecule has 1 aromatic rings. The van der Waals surface area contributed by atoms with Crippen LogP contribution in [-0.4, -0.2) is 42.2 Å². The van der Waals surface area contributed by atoms with Gasteiger partial charge in [-0.25, -0.2) is 0 Å². The monoisotopic (exact) mass is 313 g/mol. The van der Waals surface area contributed by atoms with Crippen LogP contribution in [0.5, 0.6) is 5.75 Å². The van der Waals surface area contributed by atoms with Crippen LogP contribution >= 0.6 is 15.9 Å². The molecule has 0 bridgehead atoms. The zero-order valence-electron chi connectivity index (χ0n) is 10.2. The Hall–Kier alpha value is -1.07. The topological polar surface area (TPSA) is 49.8 Å². The maximum Gasteiger partial charge on any atom is 0.255 e. The molecule has 2 rings (SSSR count). The van der Waals surface area contributed by atoms with Crippen LogP contribution in [0.4, 0.5) is 0 Å². The third kappa shape index (κ3) is 2.52. The summed E-state index contributed by atoms with van der Waals surface area (Å²) in [7, 11) is 1.57. The van der Waals surface area contributed by atoms with Crippen molar-refractivity contribution < 1.29 is 14.6 Å². The minimum Gasteiger partial charge on any atom is -0.497 e. The van der Waals surface area contributed by atoms with E-state index in [1.807, 2.05) is 0 Å². The average Bonchev–Trinajstić information content (AvgIpc) is 2.86. The number of nitrogens with zero attached hydrogens (tertiary/aromatic N) is 1. The fourth-order valence-corrected chi connectivity index (χ4v) is 2.66. The minimum absolute atomic E-state index is 0.0212. The van der Waals surface area contributed by atoms with Crippen molar-refractivity contribution in [2.24, 2.45) is 0 Å². The number of carbonyl (C=O) groups is 1. The van der Waals surface area contributed by atoms with E-state index in [-0.39, 0.29) is 18.6 Å². The summed E-state index contributed by atoms with van der Waals surface area (Å²) in [4.78, 5) is 14.2. The molecule has 98 valence electrons. The van der Waals surface area contributed by atoms with Crippen molar-refractivity contribution in [2.75, 3.05) is 20.3 Å². The molecule has 1 fully saturated rings. The number of hydrogen-bond donors (Lipinski definition) is 1. The number of carbonyl (C=O) groups excluding carboxylic acids is 1. The molecule has 1 heterocycles. The highest BCUT2D eigenvalue weighted by Crippen LogP contribution is 2.27. The van der Waals surface area contributed by atoms with Gasteiger partial charge in [0.25, 0.3) is 5.91 Å². The van der Waals surface area contributed by atoms with Gasteiger partial charge in [-0.2, -0.15) is 0 Å². The lowest BCUT2D eigenvalue weighted by Gasteiger charge is -2.23. The van der Waals surface area contributed by atoms with Gasteiger partial charge < -0.3 is 14.7 Å². The molecule has 1 aliphatic heterocycles. The Kier molecular flexibility index (Phi) is 4.24. The van der Waals surface area contributed by atoms with Crippen LogP contribution in [-0.2, 0) is 0 Å². The van der Waals surface area contributed by atoms with E-state index in [1.165, 1.54) is 0 Å². The lowest BCUT2D eigenvalue weighted by Crippen LogP contribution is -2.37. The average molecular weight is 314 g/mol. The number of benzene rings is 1. The first-order valence-electron chi connectivity index (χ1n) is 5.92. The Morgan fingerprint density at radius 1 is 1.61 bits per heavy atom. The summed E-state index contributed by atoms with van der Waals surface area (Å²) < 4.78 is 5.88. The summed E-state index contributed by atoms with van der Waals surface area (Å²) in [5.74, 6) is 0.596.